The molecule has 2 atom stereocenters. The topological polar surface area (TPSA) is 93.7 Å². The maximum absolute atomic E-state index is 13.0. The Balaban J connectivity index is 1.57. The zero-order valence-electron chi connectivity index (χ0n) is 19.0. The monoisotopic (exact) mass is 460 g/mol. The molecule has 34 heavy (non-hydrogen) atoms. The van der Waals surface area contributed by atoms with Gasteiger partial charge in [-0.05, 0) is 23.6 Å². The van der Waals surface area contributed by atoms with E-state index in [2.05, 4.69) is 10.6 Å². The first-order valence-corrected chi connectivity index (χ1v) is 11.0. The van der Waals surface area contributed by atoms with E-state index in [0.717, 1.165) is 16.7 Å². The lowest BCUT2D eigenvalue weighted by molar-refractivity contribution is -0.148. The van der Waals surface area contributed by atoms with Crippen LogP contribution >= 0.6 is 0 Å². The molecule has 2 amide bonds. The lowest BCUT2D eigenvalue weighted by Gasteiger charge is -2.21. The fraction of sp³-hybridized carbons (Fsp3) is 0.222. The van der Waals surface area contributed by atoms with Crippen LogP contribution in [0.3, 0.4) is 0 Å². The van der Waals surface area contributed by atoms with Gasteiger partial charge >= 0.3 is 12.1 Å². The van der Waals surface area contributed by atoms with Gasteiger partial charge < -0.3 is 20.1 Å². The lowest BCUT2D eigenvalue weighted by atomic mass is 10.1. The maximum Gasteiger partial charge on any atom is 0.408 e. The van der Waals surface area contributed by atoms with Gasteiger partial charge in [0.1, 0.15) is 25.3 Å². The first kappa shape index (κ1) is 24.5. The van der Waals surface area contributed by atoms with E-state index in [1.807, 2.05) is 91.0 Å². The zero-order valence-corrected chi connectivity index (χ0v) is 19.0. The Morgan fingerprint density at radius 2 is 1.15 bits per heavy atom. The van der Waals surface area contributed by atoms with Crippen molar-refractivity contribution in [1.29, 1.82) is 0 Å². The molecule has 0 bridgehead atoms. The smallest absolute Gasteiger partial charge is 0.408 e. The molecule has 0 spiro atoms. The van der Waals surface area contributed by atoms with E-state index < -0.39 is 30.1 Å². The van der Waals surface area contributed by atoms with Crippen molar-refractivity contribution >= 4 is 18.0 Å². The van der Waals surface area contributed by atoms with E-state index in [-0.39, 0.29) is 19.6 Å². The summed E-state index contributed by atoms with van der Waals surface area (Å²) in [4.78, 5) is 37.7. The Morgan fingerprint density at radius 1 is 0.676 bits per heavy atom. The van der Waals surface area contributed by atoms with E-state index in [1.54, 1.807) is 6.92 Å². The number of alkyl carbamates (subject to hydrolysis) is 1. The Kier molecular flexibility index (Phi) is 9.22. The molecule has 3 rings (SSSR count). The van der Waals surface area contributed by atoms with Crippen LogP contribution in [0.25, 0.3) is 0 Å². The van der Waals surface area contributed by atoms with Crippen molar-refractivity contribution in [1.82, 2.24) is 10.6 Å². The van der Waals surface area contributed by atoms with Crippen LogP contribution in [0.2, 0.25) is 0 Å². The van der Waals surface area contributed by atoms with Crippen molar-refractivity contribution in [3.8, 4) is 0 Å². The standard InChI is InChI=1S/C27H28N2O5/c1-20(26(31)33-18-22-13-7-3-8-14-22)28-25(30)24(17-21-11-5-2-6-12-21)29-27(32)34-19-23-15-9-4-10-16-23/h2-16,20,24H,17-19H2,1H3,(H,28,30)(H,29,32)/t20-,24+/m1/s1. The second kappa shape index (κ2) is 12.8. The highest BCUT2D eigenvalue weighted by atomic mass is 16.5. The van der Waals surface area contributed by atoms with Crippen LogP contribution in [-0.2, 0) is 38.7 Å². The lowest BCUT2D eigenvalue weighted by Crippen LogP contribution is -2.52. The van der Waals surface area contributed by atoms with Crippen LogP contribution in [0.1, 0.15) is 23.6 Å². The number of rotatable bonds is 10. The number of amides is 2. The van der Waals surface area contributed by atoms with Crippen LogP contribution in [0.4, 0.5) is 4.79 Å². The van der Waals surface area contributed by atoms with E-state index in [1.165, 1.54) is 0 Å². The maximum atomic E-state index is 13.0. The molecule has 3 aromatic rings. The summed E-state index contributed by atoms with van der Waals surface area (Å²) < 4.78 is 10.6. The highest BCUT2D eigenvalue weighted by Gasteiger charge is 2.26. The summed E-state index contributed by atoms with van der Waals surface area (Å²) in [5.74, 6) is -1.08. The predicted molar refractivity (Wildman–Crippen MR) is 128 cm³/mol. The third-order valence-corrected chi connectivity index (χ3v) is 5.04. The van der Waals surface area contributed by atoms with E-state index in [9.17, 15) is 14.4 Å². The Morgan fingerprint density at radius 3 is 1.68 bits per heavy atom. The number of ether oxygens (including phenoxy) is 2. The largest absolute Gasteiger partial charge is 0.459 e. The molecule has 0 saturated heterocycles. The molecule has 3 aromatic carbocycles. The molecule has 0 radical (unpaired) electrons. The summed E-state index contributed by atoms with van der Waals surface area (Å²) in [6.45, 7) is 1.73. The Hall–Kier alpha value is -4.13. The second-order valence-electron chi connectivity index (χ2n) is 7.77. The number of hydrogen-bond acceptors (Lipinski definition) is 5. The average molecular weight is 461 g/mol. The molecule has 0 heterocycles. The van der Waals surface area contributed by atoms with Crippen LogP contribution in [-0.4, -0.2) is 30.1 Å². The van der Waals surface area contributed by atoms with Crippen molar-refractivity contribution < 1.29 is 23.9 Å². The van der Waals surface area contributed by atoms with E-state index in [0.29, 0.717) is 0 Å². The minimum atomic E-state index is -0.935. The molecule has 7 nitrogen and oxygen atoms in total. The number of nitrogens with one attached hydrogen (secondary N) is 2. The molecule has 7 heteroatoms. The van der Waals surface area contributed by atoms with Crippen molar-refractivity contribution in [3.05, 3.63) is 108 Å². The van der Waals surface area contributed by atoms with E-state index >= 15 is 0 Å². The van der Waals surface area contributed by atoms with Gasteiger partial charge in [-0.2, -0.15) is 0 Å². The highest BCUT2D eigenvalue weighted by Crippen LogP contribution is 2.07. The summed E-state index contributed by atoms with van der Waals surface area (Å²) in [6, 6.07) is 26.0. The minimum absolute atomic E-state index is 0.0779. The summed E-state index contributed by atoms with van der Waals surface area (Å²) in [7, 11) is 0. The molecule has 0 aromatic heterocycles. The molecule has 0 unspecified atom stereocenters. The van der Waals surface area contributed by atoms with Crippen LogP contribution in [0.5, 0.6) is 0 Å². The molecular weight excluding hydrogens is 432 g/mol. The molecule has 0 saturated carbocycles. The van der Waals surface area contributed by atoms with Crippen molar-refractivity contribution in [2.24, 2.45) is 0 Å². The second-order valence-corrected chi connectivity index (χ2v) is 7.77. The van der Waals surface area contributed by atoms with Crippen LogP contribution in [0.15, 0.2) is 91.0 Å². The number of hydrogen-bond donors (Lipinski definition) is 2. The third-order valence-electron chi connectivity index (χ3n) is 5.04. The molecular formula is C27H28N2O5. The fourth-order valence-corrected chi connectivity index (χ4v) is 3.19. The van der Waals surface area contributed by atoms with Crippen LogP contribution < -0.4 is 10.6 Å². The van der Waals surface area contributed by atoms with Crippen molar-refractivity contribution in [2.75, 3.05) is 0 Å². The van der Waals surface area contributed by atoms with Crippen LogP contribution in [0, 0.1) is 0 Å². The Bertz CT molecular complexity index is 1060. The first-order chi connectivity index (χ1) is 16.5. The number of benzene rings is 3. The number of carbonyl (C=O) groups is 3. The minimum Gasteiger partial charge on any atom is -0.459 e. The van der Waals surface area contributed by atoms with Gasteiger partial charge in [-0.15, -0.1) is 0 Å². The van der Waals surface area contributed by atoms with Gasteiger partial charge in [-0.25, -0.2) is 9.59 Å². The summed E-state index contributed by atoms with van der Waals surface area (Å²) >= 11 is 0. The van der Waals surface area contributed by atoms with Gasteiger partial charge in [0.15, 0.2) is 0 Å². The van der Waals surface area contributed by atoms with Crippen molar-refractivity contribution in [3.63, 3.8) is 0 Å². The molecule has 0 fully saturated rings. The zero-order chi connectivity index (χ0) is 24.2. The van der Waals surface area contributed by atoms with Crippen molar-refractivity contribution in [2.45, 2.75) is 38.6 Å². The Labute approximate surface area is 199 Å². The van der Waals surface area contributed by atoms with E-state index in [4.69, 9.17) is 9.47 Å². The quantitative estimate of drug-likeness (QED) is 0.449. The normalized spacial score (nSPS) is 12.1. The van der Waals surface area contributed by atoms with Gasteiger partial charge in [0.25, 0.3) is 0 Å². The molecule has 176 valence electrons. The molecule has 2 N–H and O–H groups in total. The van der Waals surface area contributed by atoms with Gasteiger partial charge in [-0.1, -0.05) is 91.0 Å². The van der Waals surface area contributed by atoms with Gasteiger partial charge in [-0.3, -0.25) is 4.79 Å². The third kappa shape index (κ3) is 8.09. The first-order valence-electron chi connectivity index (χ1n) is 11.0. The summed E-state index contributed by atoms with van der Waals surface area (Å²) in [5.41, 5.74) is 2.53. The molecule has 0 aliphatic carbocycles. The SMILES string of the molecule is C[C@@H](NC(=O)[C@H](Cc1ccccc1)NC(=O)OCc1ccccc1)C(=O)OCc1ccccc1. The van der Waals surface area contributed by atoms with Gasteiger partial charge in [0.2, 0.25) is 5.91 Å². The average Bonchev–Trinajstić information content (AvgIpc) is 2.87. The van der Waals surface area contributed by atoms with Gasteiger partial charge in [0, 0.05) is 6.42 Å². The number of carbonyl (C=O) groups excluding carboxylic acids is 3. The fourth-order valence-electron chi connectivity index (χ4n) is 3.19. The summed E-state index contributed by atoms with van der Waals surface area (Å²) in [5, 5.41) is 5.24. The summed E-state index contributed by atoms with van der Waals surface area (Å²) in [6.07, 6.45) is -0.488. The van der Waals surface area contributed by atoms with Gasteiger partial charge in [0.05, 0.1) is 0 Å². The highest BCUT2D eigenvalue weighted by molar-refractivity contribution is 5.89. The predicted octanol–water partition coefficient (Wildman–Crippen LogP) is 3.77. The number of esters is 1. The molecule has 0 aliphatic rings. The molecule has 0 aliphatic heterocycles.